The average molecular weight is 482 g/mol. The number of fused-ring (bicyclic) bond motifs is 1. The van der Waals surface area contributed by atoms with Gasteiger partial charge in [-0.15, -0.1) is 11.3 Å². The minimum Gasteiger partial charge on any atom is -0.495 e. The summed E-state index contributed by atoms with van der Waals surface area (Å²) in [6, 6.07) is 16.3. The monoisotopic (exact) mass is 481 g/mol. The van der Waals surface area contributed by atoms with Gasteiger partial charge in [0.2, 0.25) is 5.88 Å². The lowest BCUT2D eigenvalue weighted by Crippen LogP contribution is -2.22. The standard InChI is InChI=1S/C25H24ClN3O3S/c1-28(2)21(23-9-6-12-33-23)15-27-14-19-17-7-4-5-8-18(17)24(30)29(25(19)31)20-13-16(26)10-11-22(20)32-3/h4-14,21,31H,15H2,1-3H3/t21-/m1/s1. The van der Waals surface area contributed by atoms with E-state index in [1.54, 1.807) is 53.9 Å². The molecule has 170 valence electrons. The molecule has 0 spiro atoms. The number of aromatic hydroxyl groups is 1. The third-order valence-corrected chi connectivity index (χ3v) is 6.69. The highest BCUT2D eigenvalue weighted by Crippen LogP contribution is 2.32. The molecule has 1 N–H and O–H groups in total. The molecule has 0 saturated carbocycles. The summed E-state index contributed by atoms with van der Waals surface area (Å²) in [5, 5.41) is 14.8. The van der Waals surface area contributed by atoms with Crippen molar-refractivity contribution in [2.24, 2.45) is 4.99 Å². The third-order valence-electron chi connectivity index (χ3n) is 5.48. The Bertz CT molecular complexity index is 1360. The molecule has 33 heavy (non-hydrogen) atoms. The third kappa shape index (κ3) is 4.53. The first kappa shape index (κ1) is 23.0. The Kier molecular flexibility index (Phi) is 6.83. The van der Waals surface area contributed by atoms with Gasteiger partial charge in [-0.05, 0) is 49.8 Å². The predicted octanol–water partition coefficient (Wildman–Crippen LogP) is 5.14. The molecular weight excluding hydrogens is 458 g/mol. The number of hydrogen-bond donors (Lipinski definition) is 1. The number of benzene rings is 2. The van der Waals surface area contributed by atoms with Crippen molar-refractivity contribution < 1.29 is 9.84 Å². The Morgan fingerprint density at radius 3 is 2.61 bits per heavy atom. The van der Waals surface area contributed by atoms with Crippen molar-refractivity contribution in [3.8, 4) is 17.3 Å². The molecule has 1 atom stereocenters. The van der Waals surface area contributed by atoms with Gasteiger partial charge in [-0.1, -0.05) is 35.9 Å². The van der Waals surface area contributed by atoms with E-state index in [1.165, 1.54) is 16.6 Å². The second-order valence-corrected chi connectivity index (χ2v) is 9.14. The first-order chi connectivity index (χ1) is 15.9. The average Bonchev–Trinajstić information content (AvgIpc) is 3.33. The van der Waals surface area contributed by atoms with Crippen LogP contribution in [-0.2, 0) is 0 Å². The van der Waals surface area contributed by atoms with Gasteiger partial charge in [-0.2, -0.15) is 0 Å². The number of aliphatic imine (C=N–C) groups is 1. The molecule has 0 saturated heterocycles. The van der Waals surface area contributed by atoms with Gasteiger partial charge >= 0.3 is 0 Å². The fraction of sp³-hybridized carbons (Fsp3) is 0.200. The summed E-state index contributed by atoms with van der Waals surface area (Å²) >= 11 is 7.88. The van der Waals surface area contributed by atoms with E-state index in [1.807, 2.05) is 31.6 Å². The van der Waals surface area contributed by atoms with Crippen LogP contribution >= 0.6 is 22.9 Å². The van der Waals surface area contributed by atoms with E-state index in [9.17, 15) is 9.90 Å². The summed E-state index contributed by atoms with van der Waals surface area (Å²) < 4.78 is 6.65. The Morgan fingerprint density at radius 2 is 1.94 bits per heavy atom. The summed E-state index contributed by atoms with van der Waals surface area (Å²) in [6.45, 7) is 0.501. The number of thiophene rings is 1. The van der Waals surface area contributed by atoms with Gasteiger partial charge in [-0.3, -0.25) is 9.79 Å². The van der Waals surface area contributed by atoms with Crippen LogP contribution in [-0.4, -0.2) is 48.5 Å². The predicted molar refractivity (Wildman–Crippen MR) is 136 cm³/mol. The largest absolute Gasteiger partial charge is 0.495 e. The number of halogens is 1. The maximum absolute atomic E-state index is 13.4. The smallest absolute Gasteiger partial charge is 0.265 e. The molecule has 2 aromatic carbocycles. The normalized spacial score (nSPS) is 12.6. The minimum atomic E-state index is -0.370. The van der Waals surface area contributed by atoms with Crippen LogP contribution in [0, 0.1) is 0 Å². The van der Waals surface area contributed by atoms with Crippen molar-refractivity contribution in [2.75, 3.05) is 27.7 Å². The van der Waals surface area contributed by atoms with E-state index >= 15 is 0 Å². The summed E-state index contributed by atoms with van der Waals surface area (Å²) in [7, 11) is 5.53. The fourth-order valence-corrected chi connectivity index (χ4v) is 4.86. The summed E-state index contributed by atoms with van der Waals surface area (Å²) in [5.74, 6) is 0.195. The Labute approximate surface area is 201 Å². The molecule has 2 aromatic heterocycles. The highest BCUT2D eigenvalue weighted by molar-refractivity contribution is 7.10. The van der Waals surface area contributed by atoms with Crippen LogP contribution in [0.4, 0.5) is 0 Å². The van der Waals surface area contributed by atoms with E-state index in [2.05, 4.69) is 16.0 Å². The molecule has 0 fully saturated rings. The Hall–Kier alpha value is -3.13. The molecule has 6 nitrogen and oxygen atoms in total. The highest BCUT2D eigenvalue weighted by Gasteiger charge is 2.20. The number of rotatable bonds is 7. The quantitative estimate of drug-likeness (QED) is 0.371. The number of likely N-dealkylation sites (N-methyl/N-ethyl adjacent to an activating group) is 1. The van der Waals surface area contributed by atoms with Gasteiger partial charge in [-0.25, -0.2) is 4.57 Å². The van der Waals surface area contributed by atoms with Crippen LogP contribution in [0.3, 0.4) is 0 Å². The lowest BCUT2D eigenvalue weighted by Gasteiger charge is -2.21. The number of methoxy groups -OCH3 is 1. The molecule has 0 bridgehead atoms. The molecule has 4 rings (SSSR count). The van der Waals surface area contributed by atoms with Crippen LogP contribution in [0.15, 0.2) is 69.8 Å². The molecule has 8 heteroatoms. The molecule has 2 heterocycles. The number of aromatic nitrogens is 1. The van der Waals surface area contributed by atoms with Gasteiger partial charge in [0.05, 0.1) is 30.9 Å². The van der Waals surface area contributed by atoms with Crippen molar-refractivity contribution in [2.45, 2.75) is 6.04 Å². The second-order valence-electron chi connectivity index (χ2n) is 7.73. The number of ether oxygens (including phenoxy) is 1. The van der Waals surface area contributed by atoms with Crippen molar-refractivity contribution in [3.05, 3.63) is 85.8 Å². The Balaban J connectivity index is 1.86. The Morgan fingerprint density at radius 1 is 1.18 bits per heavy atom. The molecular formula is C25H24ClN3O3S. The molecule has 0 aliphatic heterocycles. The lowest BCUT2D eigenvalue weighted by molar-refractivity contribution is 0.311. The van der Waals surface area contributed by atoms with E-state index in [0.29, 0.717) is 39.3 Å². The van der Waals surface area contributed by atoms with E-state index < -0.39 is 0 Å². The second kappa shape index (κ2) is 9.79. The molecule has 0 amide bonds. The molecule has 0 radical (unpaired) electrons. The first-order valence-electron chi connectivity index (χ1n) is 10.3. The first-order valence-corrected chi connectivity index (χ1v) is 11.6. The van der Waals surface area contributed by atoms with Gasteiger partial charge in [0.25, 0.3) is 5.56 Å². The minimum absolute atomic E-state index is 0.105. The van der Waals surface area contributed by atoms with Crippen LogP contribution in [0.2, 0.25) is 5.02 Å². The van der Waals surface area contributed by atoms with Crippen molar-refractivity contribution in [1.29, 1.82) is 0 Å². The zero-order chi connectivity index (χ0) is 23.5. The van der Waals surface area contributed by atoms with Gasteiger partial charge in [0, 0.05) is 26.9 Å². The van der Waals surface area contributed by atoms with Crippen molar-refractivity contribution >= 4 is 39.9 Å². The molecule has 0 aliphatic rings. The van der Waals surface area contributed by atoms with Gasteiger partial charge in [0.15, 0.2) is 0 Å². The summed E-state index contributed by atoms with van der Waals surface area (Å²) in [5.41, 5.74) is 0.444. The van der Waals surface area contributed by atoms with E-state index in [4.69, 9.17) is 16.3 Å². The van der Waals surface area contributed by atoms with Crippen molar-refractivity contribution in [1.82, 2.24) is 9.47 Å². The lowest BCUT2D eigenvalue weighted by atomic mass is 10.1. The fourth-order valence-electron chi connectivity index (χ4n) is 3.78. The van der Waals surface area contributed by atoms with Crippen LogP contribution in [0.5, 0.6) is 11.6 Å². The number of nitrogens with zero attached hydrogens (tertiary/aromatic N) is 3. The summed E-state index contributed by atoms with van der Waals surface area (Å²) in [6.07, 6.45) is 1.63. The molecule has 0 unspecified atom stereocenters. The van der Waals surface area contributed by atoms with E-state index in [-0.39, 0.29) is 17.5 Å². The molecule has 4 aromatic rings. The van der Waals surface area contributed by atoms with Crippen molar-refractivity contribution in [3.63, 3.8) is 0 Å². The number of pyridine rings is 1. The van der Waals surface area contributed by atoms with Gasteiger partial charge in [0.1, 0.15) is 5.75 Å². The SMILES string of the molecule is COc1ccc(Cl)cc1-n1c(O)c(C=NC[C@H](c2cccs2)N(C)C)c2ccccc2c1=O. The summed E-state index contributed by atoms with van der Waals surface area (Å²) in [4.78, 5) is 21.3. The molecule has 0 aliphatic carbocycles. The van der Waals surface area contributed by atoms with Crippen LogP contribution in [0.25, 0.3) is 16.5 Å². The van der Waals surface area contributed by atoms with E-state index in [0.717, 1.165) is 0 Å². The zero-order valence-corrected chi connectivity index (χ0v) is 20.1. The zero-order valence-electron chi connectivity index (χ0n) is 18.5. The van der Waals surface area contributed by atoms with Crippen LogP contribution < -0.4 is 10.3 Å². The topological polar surface area (TPSA) is 67.1 Å². The van der Waals surface area contributed by atoms with Crippen LogP contribution in [0.1, 0.15) is 16.5 Å². The number of hydrogen-bond acceptors (Lipinski definition) is 6. The maximum atomic E-state index is 13.4. The van der Waals surface area contributed by atoms with Gasteiger partial charge < -0.3 is 14.7 Å². The highest BCUT2D eigenvalue weighted by atomic mass is 35.5. The maximum Gasteiger partial charge on any atom is 0.265 e.